The molecule has 27 heavy (non-hydrogen) atoms. The van der Waals surface area contributed by atoms with Crippen LogP contribution in [0.4, 0.5) is 4.39 Å². The van der Waals surface area contributed by atoms with Gasteiger partial charge in [0.05, 0.1) is 6.54 Å². The first-order valence-corrected chi connectivity index (χ1v) is 9.20. The van der Waals surface area contributed by atoms with Crippen molar-refractivity contribution in [2.75, 3.05) is 13.1 Å². The summed E-state index contributed by atoms with van der Waals surface area (Å²) in [6, 6.07) is 8.40. The number of hydrogen-bond acceptors (Lipinski definition) is 3. The molecule has 0 spiro atoms. The number of carbonyl (C=O) groups is 1. The Balaban J connectivity index is 1.53. The van der Waals surface area contributed by atoms with E-state index >= 15 is 0 Å². The average molecular weight is 372 g/mol. The summed E-state index contributed by atoms with van der Waals surface area (Å²) < 4.78 is 21.1. The van der Waals surface area contributed by atoms with Crippen molar-refractivity contribution in [3.05, 3.63) is 63.3 Å². The summed E-state index contributed by atoms with van der Waals surface area (Å²) in [7, 11) is 1.72. The number of aromatic nitrogens is 1. The first kappa shape index (κ1) is 19.1. The Kier molecular flexibility index (Phi) is 5.63. The Morgan fingerprint density at radius 1 is 1.26 bits per heavy atom. The summed E-state index contributed by atoms with van der Waals surface area (Å²) in [6.45, 7) is 4.72. The fourth-order valence-corrected chi connectivity index (χ4v) is 3.25. The largest absolute Gasteiger partial charge is 0.488 e. The summed E-state index contributed by atoms with van der Waals surface area (Å²) in [4.78, 5) is 26.1. The highest BCUT2D eigenvalue weighted by Crippen LogP contribution is 2.19. The van der Waals surface area contributed by atoms with E-state index in [9.17, 15) is 14.0 Å². The summed E-state index contributed by atoms with van der Waals surface area (Å²) in [5.41, 5.74) is 2.15. The fourth-order valence-electron chi connectivity index (χ4n) is 3.25. The number of nitrogens with zero attached hydrogens (tertiary/aromatic N) is 2. The first-order chi connectivity index (χ1) is 12.8. The van der Waals surface area contributed by atoms with E-state index in [4.69, 9.17) is 4.74 Å². The van der Waals surface area contributed by atoms with Crippen molar-refractivity contribution in [3.63, 3.8) is 0 Å². The van der Waals surface area contributed by atoms with Crippen molar-refractivity contribution in [3.8, 4) is 5.75 Å². The Labute approximate surface area is 158 Å². The SMILES string of the molecule is Cc1ccc(CCC(=O)N2CCC(Oc3cc(C)n(C)c(=O)c3)C2)cc1F. The quantitative estimate of drug-likeness (QED) is 0.811. The van der Waals surface area contributed by atoms with Gasteiger partial charge in [0.25, 0.3) is 5.56 Å². The van der Waals surface area contributed by atoms with Gasteiger partial charge in [0, 0.05) is 38.2 Å². The van der Waals surface area contributed by atoms with E-state index in [-0.39, 0.29) is 23.4 Å². The standard InChI is InChI=1S/C21H25FN2O3/c1-14-4-5-16(11-19(14)22)6-7-20(25)24-9-8-17(13-24)27-18-10-15(2)23(3)21(26)12-18/h4-5,10-12,17H,6-9,13H2,1-3H3. The van der Waals surface area contributed by atoms with Crippen LogP contribution >= 0.6 is 0 Å². The summed E-state index contributed by atoms with van der Waals surface area (Å²) >= 11 is 0. The minimum absolute atomic E-state index is 0.0437. The predicted octanol–water partition coefficient (Wildman–Crippen LogP) is 2.75. The Morgan fingerprint density at radius 2 is 2.04 bits per heavy atom. The number of likely N-dealkylation sites (tertiary alicyclic amines) is 1. The number of halogens is 1. The van der Waals surface area contributed by atoms with Gasteiger partial charge in [0.15, 0.2) is 0 Å². The number of pyridine rings is 1. The van der Waals surface area contributed by atoms with Crippen LogP contribution in [0.15, 0.2) is 35.1 Å². The zero-order chi connectivity index (χ0) is 19.6. The number of ether oxygens (including phenoxy) is 1. The van der Waals surface area contributed by atoms with Gasteiger partial charge in [-0.25, -0.2) is 4.39 Å². The van der Waals surface area contributed by atoms with Crippen molar-refractivity contribution < 1.29 is 13.9 Å². The molecule has 1 aromatic carbocycles. The van der Waals surface area contributed by atoms with Crippen LogP contribution in [0.1, 0.15) is 29.7 Å². The smallest absolute Gasteiger partial charge is 0.254 e. The lowest BCUT2D eigenvalue weighted by molar-refractivity contribution is -0.130. The maximum absolute atomic E-state index is 13.6. The molecular weight excluding hydrogens is 347 g/mol. The molecule has 144 valence electrons. The van der Waals surface area contributed by atoms with Crippen LogP contribution in [-0.4, -0.2) is 34.6 Å². The van der Waals surface area contributed by atoms with Crippen molar-refractivity contribution in [1.82, 2.24) is 9.47 Å². The van der Waals surface area contributed by atoms with E-state index in [1.54, 1.807) is 29.5 Å². The molecule has 5 nitrogen and oxygen atoms in total. The number of aryl methyl sites for hydroxylation is 3. The minimum atomic E-state index is -0.237. The number of hydrogen-bond donors (Lipinski definition) is 0. The van der Waals surface area contributed by atoms with Crippen molar-refractivity contribution >= 4 is 5.91 Å². The first-order valence-electron chi connectivity index (χ1n) is 9.20. The van der Waals surface area contributed by atoms with Crippen LogP contribution in [0.25, 0.3) is 0 Å². The molecule has 2 heterocycles. The van der Waals surface area contributed by atoms with Crippen molar-refractivity contribution in [2.45, 2.75) is 39.2 Å². The maximum atomic E-state index is 13.6. The van der Waals surface area contributed by atoms with Crippen LogP contribution < -0.4 is 10.3 Å². The third-order valence-electron chi connectivity index (χ3n) is 5.14. The van der Waals surface area contributed by atoms with E-state index in [0.29, 0.717) is 37.2 Å². The second-order valence-corrected chi connectivity index (χ2v) is 7.18. The lowest BCUT2D eigenvalue weighted by Crippen LogP contribution is -2.31. The molecule has 0 saturated carbocycles. The second kappa shape index (κ2) is 7.94. The van der Waals surface area contributed by atoms with E-state index in [1.807, 2.05) is 19.1 Å². The zero-order valence-corrected chi connectivity index (χ0v) is 16.0. The zero-order valence-electron chi connectivity index (χ0n) is 16.0. The highest BCUT2D eigenvalue weighted by Gasteiger charge is 2.27. The van der Waals surface area contributed by atoms with Crippen LogP contribution in [0.3, 0.4) is 0 Å². The highest BCUT2D eigenvalue weighted by atomic mass is 19.1. The van der Waals surface area contributed by atoms with E-state index in [1.165, 1.54) is 12.1 Å². The molecule has 1 saturated heterocycles. The summed E-state index contributed by atoms with van der Waals surface area (Å²) in [5.74, 6) is 0.353. The average Bonchev–Trinajstić information content (AvgIpc) is 3.09. The Morgan fingerprint density at radius 3 is 2.74 bits per heavy atom. The normalized spacial score (nSPS) is 16.6. The molecule has 1 unspecified atom stereocenters. The molecule has 1 atom stereocenters. The Hall–Kier alpha value is -2.63. The Bertz CT molecular complexity index is 907. The van der Waals surface area contributed by atoms with E-state index < -0.39 is 0 Å². The third-order valence-corrected chi connectivity index (χ3v) is 5.14. The topological polar surface area (TPSA) is 51.5 Å². The summed E-state index contributed by atoms with van der Waals surface area (Å²) in [5, 5.41) is 0. The van der Waals surface area contributed by atoms with Crippen molar-refractivity contribution in [1.29, 1.82) is 0 Å². The minimum Gasteiger partial charge on any atom is -0.488 e. The molecule has 1 aliphatic heterocycles. The van der Waals surface area contributed by atoms with E-state index in [0.717, 1.165) is 17.7 Å². The highest BCUT2D eigenvalue weighted by molar-refractivity contribution is 5.76. The van der Waals surface area contributed by atoms with Gasteiger partial charge in [-0.05, 0) is 43.5 Å². The molecule has 2 aromatic rings. The molecule has 3 rings (SSSR count). The molecule has 0 radical (unpaired) electrons. The van der Waals surface area contributed by atoms with Gasteiger partial charge in [-0.15, -0.1) is 0 Å². The van der Waals surface area contributed by atoms with Gasteiger partial charge < -0.3 is 14.2 Å². The van der Waals surface area contributed by atoms with Gasteiger partial charge in [-0.1, -0.05) is 12.1 Å². The third kappa shape index (κ3) is 4.56. The monoisotopic (exact) mass is 372 g/mol. The maximum Gasteiger partial charge on any atom is 0.254 e. The molecule has 0 bridgehead atoms. The van der Waals surface area contributed by atoms with Crippen LogP contribution in [0, 0.1) is 19.7 Å². The molecule has 6 heteroatoms. The van der Waals surface area contributed by atoms with Gasteiger partial charge in [-0.3, -0.25) is 9.59 Å². The van der Waals surface area contributed by atoms with E-state index in [2.05, 4.69) is 0 Å². The van der Waals surface area contributed by atoms with Gasteiger partial charge in [0.2, 0.25) is 5.91 Å². The lowest BCUT2D eigenvalue weighted by atomic mass is 10.1. The van der Waals surface area contributed by atoms with Crippen LogP contribution in [-0.2, 0) is 18.3 Å². The number of benzene rings is 1. The van der Waals surface area contributed by atoms with Crippen LogP contribution in [0.5, 0.6) is 5.75 Å². The van der Waals surface area contributed by atoms with Gasteiger partial charge in [-0.2, -0.15) is 0 Å². The molecule has 0 aliphatic carbocycles. The van der Waals surface area contributed by atoms with Crippen LogP contribution in [0.2, 0.25) is 0 Å². The number of rotatable bonds is 5. The molecule has 1 amide bonds. The van der Waals surface area contributed by atoms with Crippen molar-refractivity contribution in [2.24, 2.45) is 7.05 Å². The number of amides is 1. The van der Waals surface area contributed by atoms with Gasteiger partial charge in [0.1, 0.15) is 17.7 Å². The molecule has 1 aliphatic rings. The number of carbonyl (C=O) groups excluding carboxylic acids is 1. The van der Waals surface area contributed by atoms with Gasteiger partial charge >= 0.3 is 0 Å². The second-order valence-electron chi connectivity index (χ2n) is 7.18. The predicted molar refractivity (Wildman–Crippen MR) is 101 cm³/mol. The summed E-state index contributed by atoms with van der Waals surface area (Å²) in [6.07, 6.45) is 1.49. The lowest BCUT2D eigenvalue weighted by Gasteiger charge is -2.18. The molecule has 1 aromatic heterocycles. The molecule has 1 fully saturated rings. The molecular formula is C21H25FN2O3. The molecule has 0 N–H and O–H groups in total. The fraction of sp³-hybridized carbons (Fsp3) is 0.429.